The molecule has 4 rings (SSSR count). The van der Waals surface area contributed by atoms with Crippen LogP contribution in [0, 0.1) is 0 Å². The highest BCUT2D eigenvalue weighted by molar-refractivity contribution is 7.16. The highest BCUT2D eigenvalue weighted by Gasteiger charge is 2.15. The zero-order valence-electron chi connectivity index (χ0n) is 15.6. The summed E-state index contributed by atoms with van der Waals surface area (Å²) in [6.07, 6.45) is 0. The second-order valence-electron chi connectivity index (χ2n) is 6.73. The number of aromatic nitrogens is 1. The molecule has 5 nitrogen and oxygen atoms in total. The van der Waals surface area contributed by atoms with Crippen LogP contribution < -0.4 is 9.54 Å². The molecule has 138 valence electrons. The highest BCUT2D eigenvalue weighted by atomic mass is 32.1. The van der Waals surface area contributed by atoms with Gasteiger partial charge in [0.05, 0.1) is 17.3 Å². The molecular formula is C21H20N2O3S. The number of thiazole rings is 1. The molecule has 2 heterocycles. The Morgan fingerprint density at radius 1 is 1.22 bits per heavy atom. The summed E-state index contributed by atoms with van der Waals surface area (Å²) in [6.45, 7) is 4.33. The first-order valence-electron chi connectivity index (χ1n) is 8.73. The number of carbonyl (C=O) groups is 1. The van der Waals surface area contributed by atoms with Crippen molar-refractivity contribution in [3.8, 4) is 5.75 Å². The largest absolute Gasteiger partial charge is 0.493 e. The maximum absolute atomic E-state index is 12.7. The molecule has 0 N–H and O–H groups in total. The molecule has 0 saturated carbocycles. The number of carbonyl (C=O) groups excluding carboxylic acids is 1. The summed E-state index contributed by atoms with van der Waals surface area (Å²) < 4.78 is 14.1. The topological polar surface area (TPSA) is 56.7 Å². The average molecular weight is 380 g/mol. The van der Waals surface area contributed by atoms with E-state index in [1.54, 1.807) is 19.2 Å². The molecule has 0 aliphatic carbocycles. The van der Waals surface area contributed by atoms with Crippen LogP contribution in [-0.2, 0) is 7.05 Å². The van der Waals surface area contributed by atoms with Gasteiger partial charge in [0, 0.05) is 12.4 Å². The van der Waals surface area contributed by atoms with E-state index in [4.69, 9.17) is 9.15 Å². The molecule has 0 unspecified atom stereocenters. The fourth-order valence-corrected chi connectivity index (χ4v) is 4.13. The molecule has 27 heavy (non-hydrogen) atoms. The third-order valence-electron chi connectivity index (χ3n) is 4.64. The molecular weight excluding hydrogens is 360 g/mol. The van der Waals surface area contributed by atoms with Crippen molar-refractivity contribution < 1.29 is 13.9 Å². The quantitative estimate of drug-likeness (QED) is 0.510. The molecule has 0 bridgehead atoms. The first-order valence-corrected chi connectivity index (χ1v) is 9.54. The summed E-state index contributed by atoms with van der Waals surface area (Å²) in [7, 11) is 3.49. The number of nitrogens with zero attached hydrogens (tertiary/aromatic N) is 2. The minimum Gasteiger partial charge on any atom is -0.493 e. The Morgan fingerprint density at radius 2 is 2.04 bits per heavy atom. The van der Waals surface area contributed by atoms with E-state index in [1.807, 2.05) is 23.7 Å². The van der Waals surface area contributed by atoms with E-state index in [-0.39, 0.29) is 5.76 Å². The highest BCUT2D eigenvalue weighted by Crippen LogP contribution is 2.29. The molecule has 2 aromatic carbocycles. The van der Waals surface area contributed by atoms with Crippen LogP contribution in [0.4, 0.5) is 0 Å². The third kappa shape index (κ3) is 3.06. The SMILES string of the molecule is COc1cccc2cc(C(=O)N=c3sc4cc(C(C)C)ccc4n3C)oc12. The zero-order valence-corrected chi connectivity index (χ0v) is 16.5. The fraction of sp³-hybridized carbons (Fsp3) is 0.238. The van der Waals surface area contributed by atoms with Crippen molar-refractivity contribution in [2.75, 3.05) is 7.11 Å². The van der Waals surface area contributed by atoms with Crippen molar-refractivity contribution in [1.29, 1.82) is 0 Å². The first-order chi connectivity index (χ1) is 13.0. The van der Waals surface area contributed by atoms with E-state index in [2.05, 4.69) is 37.0 Å². The minimum atomic E-state index is -0.403. The number of amides is 1. The van der Waals surface area contributed by atoms with Crippen molar-refractivity contribution in [2.24, 2.45) is 12.0 Å². The van der Waals surface area contributed by atoms with E-state index in [9.17, 15) is 4.79 Å². The Bertz CT molecular complexity index is 1230. The van der Waals surface area contributed by atoms with Crippen LogP contribution in [-0.4, -0.2) is 17.6 Å². The van der Waals surface area contributed by atoms with Gasteiger partial charge in [0.2, 0.25) is 0 Å². The van der Waals surface area contributed by atoms with Crippen LogP contribution in [0.15, 0.2) is 51.9 Å². The second-order valence-corrected chi connectivity index (χ2v) is 7.74. The Balaban J connectivity index is 1.79. The Morgan fingerprint density at radius 3 is 2.78 bits per heavy atom. The minimum absolute atomic E-state index is 0.204. The number of para-hydroxylation sites is 1. The maximum atomic E-state index is 12.7. The molecule has 2 aromatic heterocycles. The van der Waals surface area contributed by atoms with Gasteiger partial charge in [-0.15, -0.1) is 0 Å². The van der Waals surface area contributed by atoms with Crippen LogP contribution in [0.5, 0.6) is 5.75 Å². The smallest absolute Gasteiger partial charge is 0.315 e. The lowest BCUT2D eigenvalue weighted by atomic mass is 10.0. The number of aryl methyl sites for hydroxylation is 1. The van der Waals surface area contributed by atoms with Gasteiger partial charge in [-0.1, -0.05) is 43.4 Å². The van der Waals surface area contributed by atoms with Gasteiger partial charge in [-0.3, -0.25) is 4.79 Å². The fourth-order valence-electron chi connectivity index (χ4n) is 3.06. The summed E-state index contributed by atoms with van der Waals surface area (Å²) in [5.41, 5.74) is 2.88. The summed E-state index contributed by atoms with van der Waals surface area (Å²) in [6, 6.07) is 13.6. The van der Waals surface area contributed by atoms with Gasteiger partial charge in [-0.2, -0.15) is 4.99 Å². The van der Waals surface area contributed by atoms with Crippen LogP contribution in [0.25, 0.3) is 21.2 Å². The van der Waals surface area contributed by atoms with Crippen molar-refractivity contribution in [3.63, 3.8) is 0 Å². The van der Waals surface area contributed by atoms with Gasteiger partial charge in [-0.05, 0) is 35.7 Å². The molecule has 0 saturated heterocycles. The molecule has 0 aliphatic heterocycles. The van der Waals surface area contributed by atoms with E-state index in [0.717, 1.165) is 15.6 Å². The number of benzene rings is 2. The predicted octanol–water partition coefficient (Wildman–Crippen LogP) is 4.86. The summed E-state index contributed by atoms with van der Waals surface area (Å²) in [5, 5.41) is 0.815. The van der Waals surface area contributed by atoms with E-state index in [1.165, 1.54) is 16.9 Å². The lowest BCUT2D eigenvalue weighted by Crippen LogP contribution is -2.12. The molecule has 6 heteroatoms. The van der Waals surface area contributed by atoms with Gasteiger partial charge < -0.3 is 13.7 Å². The average Bonchev–Trinajstić information content (AvgIpc) is 3.23. The van der Waals surface area contributed by atoms with Crippen LogP contribution in [0.2, 0.25) is 0 Å². The normalized spacial score (nSPS) is 12.4. The summed E-state index contributed by atoms with van der Waals surface area (Å²) >= 11 is 1.50. The molecule has 0 spiro atoms. The van der Waals surface area contributed by atoms with E-state index in [0.29, 0.717) is 22.1 Å². The summed E-state index contributed by atoms with van der Waals surface area (Å²) in [5.74, 6) is 0.851. The molecule has 0 radical (unpaired) electrons. The standard InChI is InChI=1S/C21H20N2O3S/c1-12(2)13-8-9-15-18(11-13)27-21(23(15)3)22-20(24)17-10-14-6-5-7-16(25-4)19(14)26-17/h5-12H,1-4H3. The first kappa shape index (κ1) is 17.5. The van der Waals surface area contributed by atoms with Gasteiger partial charge in [0.25, 0.3) is 0 Å². The Hall–Kier alpha value is -2.86. The van der Waals surface area contributed by atoms with E-state index >= 15 is 0 Å². The third-order valence-corrected chi connectivity index (χ3v) is 5.73. The van der Waals surface area contributed by atoms with Crippen LogP contribution in [0.1, 0.15) is 35.9 Å². The zero-order chi connectivity index (χ0) is 19.1. The number of furan rings is 1. The van der Waals surface area contributed by atoms with Gasteiger partial charge in [-0.25, -0.2) is 0 Å². The molecule has 0 atom stereocenters. The number of fused-ring (bicyclic) bond motifs is 2. The van der Waals surface area contributed by atoms with Crippen LogP contribution >= 0.6 is 11.3 Å². The number of hydrogen-bond donors (Lipinski definition) is 0. The van der Waals surface area contributed by atoms with Gasteiger partial charge >= 0.3 is 5.91 Å². The molecule has 4 aromatic rings. The second kappa shape index (κ2) is 6.70. The number of methoxy groups -OCH3 is 1. The van der Waals surface area contributed by atoms with Crippen LogP contribution in [0.3, 0.4) is 0 Å². The van der Waals surface area contributed by atoms with Crippen molar-refractivity contribution in [1.82, 2.24) is 4.57 Å². The lowest BCUT2D eigenvalue weighted by Gasteiger charge is -2.04. The van der Waals surface area contributed by atoms with Gasteiger partial charge in [0.15, 0.2) is 21.9 Å². The molecule has 0 fully saturated rings. The predicted molar refractivity (Wildman–Crippen MR) is 108 cm³/mol. The van der Waals surface area contributed by atoms with E-state index < -0.39 is 5.91 Å². The number of hydrogen-bond acceptors (Lipinski definition) is 4. The Labute approximate surface area is 160 Å². The summed E-state index contributed by atoms with van der Waals surface area (Å²) in [4.78, 5) is 17.6. The maximum Gasteiger partial charge on any atom is 0.315 e. The Kier molecular flexibility index (Phi) is 4.36. The number of rotatable bonds is 3. The lowest BCUT2D eigenvalue weighted by molar-refractivity contribution is 0.0973. The van der Waals surface area contributed by atoms with Gasteiger partial charge in [0.1, 0.15) is 0 Å². The molecule has 0 aliphatic rings. The monoisotopic (exact) mass is 380 g/mol. The number of ether oxygens (including phenoxy) is 1. The van der Waals surface area contributed by atoms with Crippen molar-refractivity contribution in [3.05, 3.63) is 58.6 Å². The molecule has 1 amide bonds. The van der Waals surface area contributed by atoms with Crippen molar-refractivity contribution in [2.45, 2.75) is 19.8 Å². The van der Waals surface area contributed by atoms with Crippen molar-refractivity contribution >= 4 is 38.4 Å².